The van der Waals surface area contributed by atoms with Crippen LogP contribution in [-0.4, -0.2) is 19.7 Å². The molecule has 1 atom stereocenters. The highest BCUT2D eigenvalue weighted by atomic mass is 16.5. The molecule has 0 unspecified atom stereocenters. The number of fused-ring (bicyclic) bond motifs is 1. The highest BCUT2D eigenvalue weighted by Gasteiger charge is 2.19. The molecule has 4 nitrogen and oxygen atoms in total. The van der Waals surface area contributed by atoms with Gasteiger partial charge in [0.1, 0.15) is 0 Å². The number of ether oxygens (including phenoxy) is 2. The zero-order valence-corrected chi connectivity index (χ0v) is 8.53. The van der Waals surface area contributed by atoms with E-state index in [4.69, 9.17) is 10.5 Å². The normalized spacial score (nSPS) is 19.5. The molecule has 1 heterocycles. The first-order valence-corrected chi connectivity index (χ1v) is 4.77. The third-order valence-electron chi connectivity index (χ3n) is 2.52. The lowest BCUT2D eigenvalue weighted by atomic mass is 9.97. The minimum atomic E-state index is -0.337. The SMILES string of the molecule is COC(=O)c1ccc2c(c1)[C@H](N)COC2. The van der Waals surface area contributed by atoms with Crippen molar-refractivity contribution in [2.24, 2.45) is 5.73 Å². The summed E-state index contributed by atoms with van der Waals surface area (Å²) in [6.45, 7) is 1.06. The van der Waals surface area contributed by atoms with Crippen LogP contribution >= 0.6 is 0 Å². The number of rotatable bonds is 1. The van der Waals surface area contributed by atoms with Crippen molar-refractivity contribution in [1.29, 1.82) is 0 Å². The maximum absolute atomic E-state index is 11.3. The van der Waals surface area contributed by atoms with Gasteiger partial charge in [-0.3, -0.25) is 0 Å². The van der Waals surface area contributed by atoms with Crippen LogP contribution in [0.1, 0.15) is 27.5 Å². The summed E-state index contributed by atoms with van der Waals surface area (Å²) >= 11 is 0. The monoisotopic (exact) mass is 207 g/mol. The molecule has 1 aromatic rings. The van der Waals surface area contributed by atoms with E-state index < -0.39 is 0 Å². The zero-order valence-electron chi connectivity index (χ0n) is 8.53. The summed E-state index contributed by atoms with van der Waals surface area (Å²) < 4.78 is 9.95. The second-order valence-electron chi connectivity index (χ2n) is 3.53. The van der Waals surface area contributed by atoms with E-state index >= 15 is 0 Å². The Morgan fingerprint density at radius 2 is 2.40 bits per heavy atom. The summed E-state index contributed by atoms with van der Waals surface area (Å²) in [6.07, 6.45) is 0. The summed E-state index contributed by atoms with van der Waals surface area (Å²) in [4.78, 5) is 11.3. The number of esters is 1. The highest BCUT2D eigenvalue weighted by Crippen LogP contribution is 2.24. The smallest absolute Gasteiger partial charge is 0.337 e. The Hall–Kier alpha value is -1.39. The molecule has 0 bridgehead atoms. The molecule has 1 aliphatic heterocycles. The van der Waals surface area contributed by atoms with E-state index in [-0.39, 0.29) is 12.0 Å². The van der Waals surface area contributed by atoms with E-state index in [1.165, 1.54) is 7.11 Å². The first kappa shape index (κ1) is 10.1. The number of carbonyl (C=O) groups excluding carboxylic acids is 1. The van der Waals surface area contributed by atoms with Gasteiger partial charge in [0.15, 0.2) is 0 Å². The second-order valence-corrected chi connectivity index (χ2v) is 3.53. The zero-order chi connectivity index (χ0) is 10.8. The predicted octanol–water partition coefficient (Wildman–Crippen LogP) is 1.00. The van der Waals surface area contributed by atoms with Crippen LogP contribution in [0.3, 0.4) is 0 Å². The largest absolute Gasteiger partial charge is 0.465 e. The topological polar surface area (TPSA) is 61.5 Å². The van der Waals surface area contributed by atoms with Crippen molar-refractivity contribution in [2.45, 2.75) is 12.6 Å². The molecule has 2 N–H and O–H groups in total. The van der Waals surface area contributed by atoms with Crippen LogP contribution in [-0.2, 0) is 16.1 Å². The summed E-state index contributed by atoms with van der Waals surface area (Å²) in [5.74, 6) is -0.337. The van der Waals surface area contributed by atoms with E-state index in [0.29, 0.717) is 18.8 Å². The molecule has 0 spiro atoms. The first-order chi connectivity index (χ1) is 7.22. The van der Waals surface area contributed by atoms with E-state index in [1.54, 1.807) is 12.1 Å². The van der Waals surface area contributed by atoms with Crippen LogP contribution in [0.5, 0.6) is 0 Å². The number of carbonyl (C=O) groups is 1. The van der Waals surface area contributed by atoms with E-state index in [0.717, 1.165) is 11.1 Å². The Labute approximate surface area is 88.0 Å². The molecule has 2 rings (SSSR count). The average molecular weight is 207 g/mol. The van der Waals surface area contributed by atoms with Crippen LogP contribution in [0.15, 0.2) is 18.2 Å². The third-order valence-corrected chi connectivity index (χ3v) is 2.52. The fourth-order valence-electron chi connectivity index (χ4n) is 1.70. The quantitative estimate of drug-likeness (QED) is 0.698. The van der Waals surface area contributed by atoms with Crippen LogP contribution in [0.4, 0.5) is 0 Å². The van der Waals surface area contributed by atoms with Gasteiger partial charge in [-0.2, -0.15) is 0 Å². The molecule has 1 aromatic carbocycles. The fourth-order valence-corrected chi connectivity index (χ4v) is 1.70. The molecule has 0 fully saturated rings. The lowest BCUT2D eigenvalue weighted by Crippen LogP contribution is -2.24. The molecule has 4 heteroatoms. The molecule has 0 amide bonds. The van der Waals surface area contributed by atoms with Gasteiger partial charge in [-0.05, 0) is 23.3 Å². The van der Waals surface area contributed by atoms with Crippen LogP contribution in [0, 0.1) is 0 Å². The Kier molecular flexibility index (Phi) is 2.70. The summed E-state index contributed by atoms with van der Waals surface area (Å²) in [6, 6.07) is 5.22. The van der Waals surface area contributed by atoms with Gasteiger partial charge in [0.2, 0.25) is 0 Å². The number of benzene rings is 1. The minimum absolute atomic E-state index is 0.154. The summed E-state index contributed by atoms with van der Waals surface area (Å²) in [5.41, 5.74) is 8.43. The van der Waals surface area contributed by atoms with Gasteiger partial charge in [0.05, 0.1) is 31.9 Å². The Morgan fingerprint density at radius 3 is 3.13 bits per heavy atom. The maximum Gasteiger partial charge on any atom is 0.337 e. The van der Waals surface area contributed by atoms with E-state index in [1.807, 2.05) is 6.07 Å². The van der Waals surface area contributed by atoms with Crippen molar-refractivity contribution in [3.8, 4) is 0 Å². The lowest BCUT2D eigenvalue weighted by molar-refractivity contribution is 0.0599. The van der Waals surface area contributed by atoms with E-state index in [2.05, 4.69) is 4.74 Å². The molecule has 0 aliphatic carbocycles. The lowest BCUT2D eigenvalue weighted by Gasteiger charge is -2.22. The second kappa shape index (κ2) is 4.00. The van der Waals surface area contributed by atoms with Gasteiger partial charge in [-0.25, -0.2) is 4.79 Å². The van der Waals surface area contributed by atoms with E-state index in [9.17, 15) is 4.79 Å². The number of hydrogen-bond acceptors (Lipinski definition) is 4. The standard InChI is InChI=1S/C11H13NO3/c1-14-11(13)7-2-3-8-5-15-6-10(12)9(8)4-7/h2-4,10H,5-6,12H2,1H3/t10-/m1/s1. The molecular formula is C11H13NO3. The van der Waals surface area contributed by atoms with Crippen molar-refractivity contribution in [2.75, 3.05) is 13.7 Å². The van der Waals surface area contributed by atoms with Gasteiger partial charge >= 0.3 is 5.97 Å². The Morgan fingerprint density at radius 1 is 1.60 bits per heavy atom. The van der Waals surface area contributed by atoms with Gasteiger partial charge in [-0.1, -0.05) is 6.07 Å². The number of nitrogens with two attached hydrogens (primary N) is 1. The maximum atomic E-state index is 11.3. The van der Waals surface area contributed by atoms with Crippen LogP contribution in [0.25, 0.3) is 0 Å². The first-order valence-electron chi connectivity index (χ1n) is 4.77. The Balaban J connectivity index is 2.39. The molecule has 0 saturated heterocycles. The molecule has 0 aromatic heterocycles. The average Bonchev–Trinajstić information content (AvgIpc) is 2.28. The van der Waals surface area contributed by atoms with Crippen molar-refractivity contribution >= 4 is 5.97 Å². The third kappa shape index (κ3) is 1.86. The predicted molar refractivity (Wildman–Crippen MR) is 54.4 cm³/mol. The molecular weight excluding hydrogens is 194 g/mol. The van der Waals surface area contributed by atoms with Gasteiger partial charge in [0.25, 0.3) is 0 Å². The van der Waals surface area contributed by atoms with Crippen molar-refractivity contribution in [3.63, 3.8) is 0 Å². The van der Waals surface area contributed by atoms with Crippen LogP contribution < -0.4 is 5.73 Å². The molecule has 0 radical (unpaired) electrons. The summed E-state index contributed by atoms with van der Waals surface area (Å²) in [5, 5.41) is 0. The Bertz CT molecular complexity index is 389. The molecule has 80 valence electrons. The number of methoxy groups -OCH3 is 1. The van der Waals surface area contributed by atoms with Crippen LogP contribution in [0.2, 0.25) is 0 Å². The molecule has 15 heavy (non-hydrogen) atoms. The summed E-state index contributed by atoms with van der Waals surface area (Å²) in [7, 11) is 1.37. The number of hydrogen-bond donors (Lipinski definition) is 1. The van der Waals surface area contributed by atoms with Gasteiger partial charge in [-0.15, -0.1) is 0 Å². The van der Waals surface area contributed by atoms with Crippen molar-refractivity contribution < 1.29 is 14.3 Å². The molecule has 0 saturated carbocycles. The van der Waals surface area contributed by atoms with Gasteiger partial charge < -0.3 is 15.2 Å². The van der Waals surface area contributed by atoms with Crippen molar-refractivity contribution in [1.82, 2.24) is 0 Å². The van der Waals surface area contributed by atoms with Gasteiger partial charge in [0, 0.05) is 0 Å². The molecule has 1 aliphatic rings. The van der Waals surface area contributed by atoms with Crippen molar-refractivity contribution in [3.05, 3.63) is 34.9 Å². The fraction of sp³-hybridized carbons (Fsp3) is 0.364. The minimum Gasteiger partial charge on any atom is -0.465 e. The highest BCUT2D eigenvalue weighted by molar-refractivity contribution is 5.89.